The van der Waals surface area contributed by atoms with Crippen LogP contribution in [0, 0.1) is 5.92 Å². The van der Waals surface area contributed by atoms with E-state index in [0.29, 0.717) is 25.9 Å². The van der Waals surface area contributed by atoms with Crippen molar-refractivity contribution in [3.05, 3.63) is 0 Å². The average molecular weight is 220 g/mol. The fraction of sp³-hybridized carbons (Fsp3) is 0.714. The van der Waals surface area contributed by atoms with Crippen molar-refractivity contribution in [3.63, 3.8) is 0 Å². The monoisotopic (exact) mass is 220 g/mol. The highest BCUT2D eigenvalue weighted by molar-refractivity contribution is 8.74. The summed E-state index contributed by atoms with van der Waals surface area (Å²) in [4.78, 5) is 23.6. The first-order valence-electron chi connectivity index (χ1n) is 4.04. The van der Waals surface area contributed by atoms with E-state index in [1.165, 1.54) is 0 Å². The quantitative estimate of drug-likeness (QED) is 0.509. The second-order valence-electron chi connectivity index (χ2n) is 3.02. The fourth-order valence-electron chi connectivity index (χ4n) is 1.40. The lowest BCUT2D eigenvalue weighted by Gasteiger charge is -2.29. The van der Waals surface area contributed by atoms with Crippen LogP contribution >= 0.6 is 22.5 Å². The number of primary amides is 1. The minimum atomic E-state index is -0.259. The van der Waals surface area contributed by atoms with Crippen molar-refractivity contribution in [2.45, 2.75) is 12.8 Å². The SMILES string of the molecule is NC(=O)C1CCN(C(=O)SS)CC1. The molecule has 2 amide bonds. The number of nitrogens with zero attached hydrogens (tertiary/aromatic N) is 1. The molecule has 1 heterocycles. The minimum Gasteiger partial charge on any atom is -0.369 e. The molecule has 6 heteroatoms. The summed E-state index contributed by atoms with van der Waals surface area (Å²) in [5.41, 5.74) is 5.16. The van der Waals surface area contributed by atoms with E-state index in [2.05, 4.69) is 11.7 Å². The molecule has 0 saturated carbocycles. The van der Waals surface area contributed by atoms with Crippen LogP contribution < -0.4 is 5.73 Å². The third kappa shape index (κ3) is 2.80. The van der Waals surface area contributed by atoms with Crippen LogP contribution in [0.4, 0.5) is 4.79 Å². The molecular weight excluding hydrogens is 208 g/mol. The summed E-state index contributed by atoms with van der Waals surface area (Å²) in [5.74, 6) is -0.320. The molecule has 1 aliphatic rings. The van der Waals surface area contributed by atoms with Crippen LogP contribution in [-0.2, 0) is 4.79 Å². The molecule has 1 fully saturated rings. The van der Waals surface area contributed by atoms with Gasteiger partial charge < -0.3 is 10.6 Å². The number of carbonyl (C=O) groups excluding carboxylic acids is 2. The largest absolute Gasteiger partial charge is 0.369 e. The Labute approximate surface area is 86.0 Å². The van der Waals surface area contributed by atoms with Gasteiger partial charge in [-0.2, -0.15) is 0 Å². The minimum absolute atomic E-state index is 0.0498. The van der Waals surface area contributed by atoms with Crippen molar-refractivity contribution in [1.82, 2.24) is 4.90 Å². The molecule has 13 heavy (non-hydrogen) atoms. The Morgan fingerprint density at radius 2 is 1.92 bits per heavy atom. The molecule has 0 aliphatic carbocycles. The van der Waals surface area contributed by atoms with Gasteiger partial charge in [0.2, 0.25) is 5.91 Å². The molecule has 74 valence electrons. The van der Waals surface area contributed by atoms with Gasteiger partial charge in [-0.25, -0.2) is 0 Å². The van der Waals surface area contributed by atoms with Gasteiger partial charge in [0.25, 0.3) is 5.24 Å². The van der Waals surface area contributed by atoms with Gasteiger partial charge in [0.15, 0.2) is 0 Å². The molecule has 2 N–H and O–H groups in total. The zero-order valence-electron chi connectivity index (χ0n) is 7.10. The number of hydrogen-bond acceptors (Lipinski definition) is 4. The molecule has 0 radical (unpaired) electrons. The van der Waals surface area contributed by atoms with Gasteiger partial charge in [0.1, 0.15) is 0 Å². The summed E-state index contributed by atoms with van der Waals surface area (Å²) >= 11 is 3.82. The molecule has 0 spiro atoms. The first-order valence-corrected chi connectivity index (χ1v) is 5.91. The molecule has 0 aromatic carbocycles. The predicted molar refractivity (Wildman–Crippen MR) is 55.5 cm³/mol. The molecule has 1 aliphatic heterocycles. The van der Waals surface area contributed by atoms with E-state index in [4.69, 9.17) is 5.73 Å². The van der Waals surface area contributed by atoms with Crippen LogP contribution in [0.15, 0.2) is 0 Å². The van der Waals surface area contributed by atoms with E-state index >= 15 is 0 Å². The number of amides is 2. The van der Waals surface area contributed by atoms with Crippen LogP contribution in [-0.4, -0.2) is 29.1 Å². The second-order valence-corrected chi connectivity index (χ2v) is 4.10. The number of hydrogen-bond donors (Lipinski definition) is 2. The fourth-order valence-corrected chi connectivity index (χ4v) is 2.05. The summed E-state index contributed by atoms with van der Waals surface area (Å²) < 4.78 is 0. The maximum Gasteiger partial charge on any atom is 0.292 e. The van der Waals surface area contributed by atoms with Gasteiger partial charge in [0.05, 0.1) is 0 Å². The molecule has 0 aromatic rings. The van der Waals surface area contributed by atoms with Gasteiger partial charge in [-0.15, -0.1) is 11.7 Å². The lowest BCUT2D eigenvalue weighted by atomic mass is 9.97. The lowest BCUT2D eigenvalue weighted by Crippen LogP contribution is -2.39. The van der Waals surface area contributed by atoms with Gasteiger partial charge >= 0.3 is 0 Å². The standard InChI is InChI=1S/C7H12N2O2S2/c8-6(10)5-1-3-9(4-2-5)7(11)13-12/h5,12H,1-4H2,(H2,8,10). The van der Waals surface area contributed by atoms with E-state index in [-0.39, 0.29) is 17.1 Å². The molecule has 1 rings (SSSR count). The smallest absolute Gasteiger partial charge is 0.292 e. The first kappa shape index (κ1) is 10.7. The van der Waals surface area contributed by atoms with Crippen LogP contribution in [0.1, 0.15) is 12.8 Å². The van der Waals surface area contributed by atoms with E-state index in [1.54, 1.807) is 4.90 Å². The molecular formula is C7H12N2O2S2. The van der Waals surface area contributed by atoms with Gasteiger partial charge in [-0.05, 0) is 12.8 Å². The van der Waals surface area contributed by atoms with E-state index in [9.17, 15) is 9.59 Å². The number of likely N-dealkylation sites (tertiary alicyclic amines) is 1. The van der Waals surface area contributed by atoms with Crippen molar-refractivity contribution in [2.75, 3.05) is 13.1 Å². The Morgan fingerprint density at radius 1 is 1.38 bits per heavy atom. The molecule has 4 nitrogen and oxygen atoms in total. The van der Waals surface area contributed by atoms with Gasteiger partial charge in [-0.1, -0.05) is 0 Å². The summed E-state index contributed by atoms with van der Waals surface area (Å²) in [6, 6.07) is 0. The lowest BCUT2D eigenvalue weighted by molar-refractivity contribution is -0.122. The average Bonchev–Trinajstić information content (AvgIpc) is 2.17. The van der Waals surface area contributed by atoms with E-state index in [1.807, 2.05) is 0 Å². The van der Waals surface area contributed by atoms with Gasteiger partial charge in [-0.3, -0.25) is 9.59 Å². The predicted octanol–water partition coefficient (Wildman–Crippen LogP) is 0.882. The Balaban J connectivity index is 2.39. The second kappa shape index (κ2) is 4.76. The van der Waals surface area contributed by atoms with Crippen LogP contribution in [0.3, 0.4) is 0 Å². The Kier molecular flexibility index (Phi) is 3.92. The van der Waals surface area contributed by atoms with Crippen molar-refractivity contribution in [1.29, 1.82) is 0 Å². The van der Waals surface area contributed by atoms with Gasteiger partial charge in [0, 0.05) is 29.8 Å². The zero-order chi connectivity index (χ0) is 9.84. The maximum atomic E-state index is 11.1. The van der Waals surface area contributed by atoms with Crippen LogP contribution in [0.5, 0.6) is 0 Å². The Morgan fingerprint density at radius 3 is 2.31 bits per heavy atom. The highest BCUT2D eigenvalue weighted by Crippen LogP contribution is 2.21. The number of carbonyl (C=O) groups is 2. The summed E-state index contributed by atoms with van der Waals surface area (Å²) in [5, 5.41) is -0.0498. The molecule has 0 aromatic heterocycles. The van der Waals surface area contributed by atoms with Crippen molar-refractivity contribution in [2.24, 2.45) is 11.7 Å². The van der Waals surface area contributed by atoms with Crippen molar-refractivity contribution in [3.8, 4) is 0 Å². The zero-order valence-corrected chi connectivity index (χ0v) is 8.81. The van der Waals surface area contributed by atoms with E-state index < -0.39 is 0 Å². The summed E-state index contributed by atoms with van der Waals surface area (Å²) in [6.07, 6.45) is 1.35. The van der Waals surface area contributed by atoms with E-state index in [0.717, 1.165) is 10.8 Å². The van der Waals surface area contributed by atoms with Crippen LogP contribution in [0.25, 0.3) is 0 Å². The summed E-state index contributed by atoms with van der Waals surface area (Å²) in [6.45, 7) is 1.22. The summed E-state index contributed by atoms with van der Waals surface area (Å²) in [7, 11) is 0.906. The molecule has 0 atom stereocenters. The molecule has 1 saturated heterocycles. The molecule has 0 unspecified atom stereocenters. The Bertz CT molecular complexity index is 215. The third-order valence-electron chi connectivity index (χ3n) is 2.23. The number of nitrogens with two attached hydrogens (primary N) is 1. The van der Waals surface area contributed by atoms with Crippen molar-refractivity contribution < 1.29 is 9.59 Å². The topological polar surface area (TPSA) is 63.4 Å². The number of piperidine rings is 1. The van der Waals surface area contributed by atoms with Crippen molar-refractivity contribution >= 4 is 33.6 Å². The highest BCUT2D eigenvalue weighted by atomic mass is 33.1. The highest BCUT2D eigenvalue weighted by Gasteiger charge is 2.25. The Hall–Kier alpha value is -0.360. The first-order chi connectivity index (χ1) is 6.15. The number of rotatable bonds is 1. The number of thiol groups is 1. The van der Waals surface area contributed by atoms with Crippen LogP contribution in [0.2, 0.25) is 0 Å². The molecule has 0 bridgehead atoms. The normalized spacial score (nSPS) is 18.7. The maximum absolute atomic E-state index is 11.1. The third-order valence-corrected chi connectivity index (χ3v) is 3.12.